The normalized spacial score (nSPS) is 29.9. The van der Waals surface area contributed by atoms with Gasteiger partial charge in [-0.3, -0.25) is 9.69 Å². The highest BCUT2D eigenvalue weighted by Crippen LogP contribution is 2.52. The van der Waals surface area contributed by atoms with E-state index in [4.69, 9.17) is 14.7 Å². The number of aromatic nitrogens is 3. The molecule has 9 nitrogen and oxygen atoms in total. The quantitative estimate of drug-likeness (QED) is 0.440. The Morgan fingerprint density at radius 1 is 1.00 bits per heavy atom. The minimum Gasteiger partial charge on any atom is -0.378 e. The predicted octanol–water partition coefficient (Wildman–Crippen LogP) is 4.62. The fourth-order valence-electron chi connectivity index (χ4n) is 8.84. The van der Waals surface area contributed by atoms with Gasteiger partial charge in [0.05, 0.1) is 36.2 Å². The average Bonchev–Trinajstić information content (AvgIpc) is 3.59. The van der Waals surface area contributed by atoms with Gasteiger partial charge in [0.2, 0.25) is 5.91 Å². The van der Waals surface area contributed by atoms with Gasteiger partial charge in [0, 0.05) is 47.5 Å². The van der Waals surface area contributed by atoms with Crippen LogP contribution in [-0.2, 0) is 14.9 Å². The smallest absolute Gasteiger partial charge is 0.238 e. The van der Waals surface area contributed by atoms with Crippen molar-refractivity contribution in [1.29, 1.82) is 0 Å². The van der Waals surface area contributed by atoms with Gasteiger partial charge in [-0.25, -0.2) is 9.97 Å². The number of nitrogens with zero attached hydrogens (tertiary/aromatic N) is 5. The molecule has 2 aliphatic carbocycles. The van der Waals surface area contributed by atoms with Crippen molar-refractivity contribution in [2.45, 2.75) is 107 Å². The van der Waals surface area contributed by atoms with Gasteiger partial charge in [-0.15, -0.1) is 0 Å². The molecule has 1 aromatic carbocycles. The first-order valence-corrected chi connectivity index (χ1v) is 16.7. The number of piperidine rings is 1. The molecular weight excluding hydrogens is 538 g/mol. The van der Waals surface area contributed by atoms with Crippen LogP contribution in [0.25, 0.3) is 22.3 Å². The van der Waals surface area contributed by atoms with E-state index in [9.17, 15) is 4.79 Å². The molecule has 1 spiro atoms. The Morgan fingerprint density at radius 3 is 2.49 bits per heavy atom. The Hall–Kier alpha value is -3.01. The van der Waals surface area contributed by atoms with Crippen molar-refractivity contribution in [3.63, 3.8) is 0 Å². The number of ether oxygens (including phenoxy) is 1. The Labute approximate surface area is 253 Å². The molecule has 2 N–H and O–H groups in total. The molecule has 2 unspecified atom stereocenters. The largest absolute Gasteiger partial charge is 0.378 e. The number of pyridine rings is 1. The van der Waals surface area contributed by atoms with Crippen LogP contribution in [0, 0.1) is 0 Å². The number of nitrogens with one attached hydrogen (secondary N) is 2. The summed E-state index contributed by atoms with van der Waals surface area (Å²) < 4.78 is 8.09. The Bertz CT molecular complexity index is 1570. The van der Waals surface area contributed by atoms with Crippen LogP contribution in [0.15, 0.2) is 30.6 Å². The highest BCUT2D eigenvalue weighted by molar-refractivity contribution is 6.09. The maximum Gasteiger partial charge on any atom is 0.238 e. The van der Waals surface area contributed by atoms with Crippen molar-refractivity contribution in [3.8, 4) is 11.3 Å². The van der Waals surface area contributed by atoms with Gasteiger partial charge >= 0.3 is 0 Å². The number of hydrogen-bond acceptors (Lipinski definition) is 7. The summed E-state index contributed by atoms with van der Waals surface area (Å²) in [5.74, 6) is 1.25. The van der Waals surface area contributed by atoms with Gasteiger partial charge in [-0.05, 0) is 96.0 Å². The third-order valence-corrected chi connectivity index (χ3v) is 11.4. The molecule has 6 heterocycles. The molecule has 9 rings (SSSR count). The highest BCUT2D eigenvalue weighted by Gasteiger charge is 2.56. The number of hydrogen-bond donors (Lipinski definition) is 2. The zero-order valence-corrected chi connectivity index (χ0v) is 25.4. The standard InChI is InChI=1S/C34H43N7O2/c1-20(2)39-19-36-29-16-28(38-32(31(29)39)37-22-4-5-22)21-3-8-27-30(13-21)41(33(42)34(27)9-11-35-12-10-34)26-14-25(15-26)40-23-6-7-24(40)18-43-17-23/h3,8,13,16,19-20,22-26,35H,4-7,9-12,14-15,17-18H2,1-2H3,(H,37,38). The summed E-state index contributed by atoms with van der Waals surface area (Å²) in [4.78, 5) is 29.5. The van der Waals surface area contributed by atoms with Crippen LogP contribution >= 0.6 is 0 Å². The maximum atomic E-state index is 14.5. The molecule has 3 aromatic rings. The van der Waals surface area contributed by atoms with Gasteiger partial charge in [-0.2, -0.15) is 0 Å². The zero-order valence-electron chi connectivity index (χ0n) is 25.4. The van der Waals surface area contributed by atoms with Crippen molar-refractivity contribution in [3.05, 3.63) is 36.2 Å². The molecular formula is C34H43N7O2. The van der Waals surface area contributed by atoms with Crippen LogP contribution in [0.4, 0.5) is 11.5 Å². The van der Waals surface area contributed by atoms with Crippen molar-refractivity contribution >= 4 is 28.4 Å². The van der Waals surface area contributed by atoms with Gasteiger partial charge in [-0.1, -0.05) is 12.1 Å². The third kappa shape index (κ3) is 4.03. The number of morpholine rings is 1. The van der Waals surface area contributed by atoms with Crippen molar-refractivity contribution in [2.24, 2.45) is 0 Å². The van der Waals surface area contributed by atoms with Crippen molar-refractivity contribution in [1.82, 2.24) is 24.8 Å². The molecule has 5 fully saturated rings. The van der Waals surface area contributed by atoms with E-state index in [1.165, 1.54) is 31.2 Å². The van der Waals surface area contributed by atoms with Crippen LogP contribution in [0.2, 0.25) is 0 Å². The zero-order chi connectivity index (χ0) is 28.9. The van der Waals surface area contributed by atoms with E-state index in [1.807, 2.05) is 6.33 Å². The first-order valence-electron chi connectivity index (χ1n) is 16.7. The minimum atomic E-state index is -0.408. The Balaban J connectivity index is 1.09. The number of imidazole rings is 1. The van der Waals surface area contributed by atoms with Crippen LogP contribution in [0.1, 0.15) is 76.8 Å². The topological polar surface area (TPSA) is 87.6 Å². The molecule has 3 saturated heterocycles. The summed E-state index contributed by atoms with van der Waals surface area (Å²) in [7, 11) is 0. The second-order valence-electron chi connectivity index (χ2n) is 14.3. The lowest BCUT2D eigenvalue weighted by atomic mass is 9.74. The fraction of sp³-hybridized carbons (Fsp3) is 0.618. The number of carbonyl (C=O) groups excluding carboxylic acids is 1. The molecule has 4 aliphatic heterocycles. The van der Waals surface area contributed by atoms with Gasteiger partial charge in [0.15, 0.2) is 5.82 Å². The number of anilines is 2. The number of benzene rings is 1. The number of amides is 1. The molecule has 6 aliphatic rings. The number of fused-ring (bicyclic) bond motifs is 5. The number of carbonyl (C=O) groups is 1. The summed E-state index contributed by atoms with van der Waals surface area (Å²) in [6.45, 7) is 7.89. The van der Waals surface area contributed by atoms with Crippen LogP contribution in [0.3, 0.4) is 0 Å². The summed E-state index contributed by atoms with van der Waals surface area (Å²) in [6, 6.07) is 11.6. The molecule has 43 heavy (non-hydrogen) atoms. The molecule has 2 atom stereocenters. The first kappa shape index (κ1) is 26.4. The molecule has 2 saturated carbocycles. The van der Waals surface area contributed by atoms with E-state index >= 15 is 0 Å². The number of rotatable bonds is 6. The SMILES string of the molecule is CC(C)n1cnc2cc(-c3ccc4c(c3)N(C3CC(N5C6CCC5COC6)C3)C(=O)C43CCNCC3)nc(NC3CC3)c21. The summed E-state index contributed by atoms with van der Waals surface area (Å²) in [5.41, 5.74) is 5.95. The maximum absolute atomic E-state index is 14.5. The van der Waals surface area contributed by atoms with Crippen molar-refractivity contribution in [2.75, 3.05) is 36.5 Å². The lowest BCUT2D eigenvalue weighted by Crippen LogP contribution is -2.61. The second kappa shape index (κ2) is 9.74. The predicted molar refractivity (Wildman–Crippen MR) is 168 cm³/mol. The average molecular weight is 582 g/mol. The lowest BCUT2D eigenvalue weighted by molar-refractivity contribution is -0.125. The molecule has 0 radical (unpaired) electrons. The summed E-state index contributed by atoms with van der Waals surface area (Å²) in [5, 5.41) is 7.19. The molecule has 9 heteroatoms. The van der Waals surface area contributed by atoms with Gasteiger partial charge < -0.3 is 24.8 Å². The first-order chi connectivity index (χ1) is 21.0. The van der Waals surface area contributed by atoms with Crippen LogP contribution in [0.5, 0.6) is 0 Å². The van der Waals surface area contributed by atoms with Gasteiger partial charge in [0.25, 0.3) is 0 Å². The van der Waals surface area contributed by atoms with Crippen LogP contribution < -0.4 is 15.5 Å². The van der Waals surface area contributed by atoms with E-state index < -0.39 is 5.41 Å². The van der Waals surface area contributed by atoms with E-state index in [-0.39, 0.29) is 6.04 Å². The van der Waals surface area contributed by atoms with E-state index in [1.54, 1.807) is 0 Å². The van der Waals surface area contributed by atoms with Crippen LogP contribution in [-0.4, -0.2) is 81.9 Å². The summed E-state index contributed by atoms with van der Waals surface area (Å²) in [6.07, 6.45) is 10.7. The molecule has 1 amide bonds. The summed E-state index contributed by atoms with van der Waals surface area (Å²) >= 11 is 0. The van der Waals surface area contributed by atoms with E-state index in [2.05, 4.69) is 63.1 Å². The molecule has 2 aromatic heterocycles. The Morgan fingerprint density at radius 2 is 1.77 bits per heavy atom. The Kier molecular flexibility index (Phi) is 5.98. The second-order valence-corrected chi connectivity index (χ2v) is 14.3. The fourth-order valence-corrected chi connectivity index (χ4v) is 8.84. The molecule has 2 bridgehead atoms. The monoisotopic (exact) mass is 581 g/mol. The minimum absolute atomic E-state index is 0.257. The highest BCUT2D eigenvalue weighted by atomic mass is 16.5. The van der Waals surface area contributed by atoms with Crippen molar-refractivity contribution < 1.29 is 9.53 Å². The van der Waals surface area contributed by atoms with E-state index in [0.717, 1.165) is 85.8 Å². The third-order valence-electron chi connectivity index (χ3n) is 11.4. The van der Waals surface area contributed by atoms with Gasteiger partial charge in [0.1, 0.15) is 5.52 Å². The van der Waals surface area contributed by atoms with E-state index in [0.29, 0.717) is 36.1 Å². The molecule has 226 valence electrons. The lowest BCUT2D eigenvalue weighted by Gasteiger charge is -2.50.